The molecule has 0 spiro atoms. The molecule has 8 nitrogen and oxygen atoms in total. The molecule has 5 aromatic rings. The Hall–Kier alpha value is -4.47. The van der Waals surface area contributed by atoms with E-state index in [1.54, 1.807) is 29.5 Å². The number of hydrogen-bond acceptors (Lipinski definition) is 6. The highest BCUT2D eigenvalue weighted by Gasteiger charge is 2.11. The maximum Gasteiger partial charge on any atom is 0.265 e. The molecule has 0 bridgehead atoms. The van der Waals surface area contributed by atoms with E-state index in [1.165, 1.54) is 11.3 Å². The summed E-state index contributed by atoms with van der Waals surface area (Å²) in [6.45, 7) is 2.49. The van der Waals surface area contributed by atoms with Crippen LogP contribution in [0.4, 0.5) is 17.1 Å². The van der Waals surface area contributed by atoms with Crippen molar-refractivity contribution in [3.8, 4) is 5.69 Å². The van der Waals surface area contributed by atoms with Crippen LogP contribution in [0, 0.1) is 0 Å². The first-order chi connectivity index (χ1) is 18.0. The van der Waals surface area contributed by atoms with Crippen molar-refractivity contribution in [2.24, 2.45) is 0 Å². The Morgan fingerprint density at radius 1 is 0.946 bits per heavy atom. The van der Waals surface area contributed by atoms with Gasteiger partial charge in [-0.05, 0) is 85.1 Å². The second-order valence-corrected chi connectivity index (χ2v) is 9.17. The van der Waals surface area contributed by atoms with Crippen molar-refractivity contribution in [2.45, 2.75) is 6.92 Å². The monoisotopic (exact) mass is 511 g/mol. The Balaban J connectivity index is 1.26. The fourth-order valence-electron chi connectivity index (χ4n) is 3.90. The predicted molar refractivity (Wildman–Crippen MR) is 148 cm³/mol. The van der Waals surface area contributed by atoms with Crippen LogP contribution in [0.5, 0.6) is 0 Å². The number of nitrogens with zero attached hydrogens (tertiary/aromatic N) is 3. The van der Waals surface area contributed by atoms with Crippen molar-refractivity contribution in [2.75, 3.05) is 29.4 Å². The summed E-state index contributed by atoms with van der Waals surface area (Å²) in [4.78, 5) is 31.1. The lowest BCUT2D eigenvalue weighted by Gasteiger charge is -2.17. The quantitative estimate of drug-likeness (QED) is 0.250. The van der Waals surface area contributed by atoms with Crippen molar-refractivity contribution in [3.05, 3.63) is 101 Å². The van der Waals surface area contributed by atoms with Gasteiger partial charge in [0, 0.05) is 29.4 Å². The van der Waals surface area contributed by atoms with Gasteiger partial charge in [0.2, 0.25) is 0 Å². The minimum absolute atomic E-state index is 0.131. The van der Waals surface area contributed by atoms with Crippen molar-refractivity contribution >= 4 is 51.1 Å². The molecule has 186 valence electrons. The van der Waals surface area contributed by atoms with Gasteiger partial charge in [-0.2, -0.15) is 5.10 Å². The molecular formula is C28H25N5O3S. The first kappa shape index (κ1) is 24.2. The number of hydrogen-bond donors (Lipinski definition) is 2. The summed E-state index contributed by atoms with van der Waals surface area (Å²) in [5.74, 6) is -0.326. The summed E-state index contributed by atoms with van der Waals surface area (Å²) in [7, 11) is 1.83. The molecule has 9 heteroatoms. The number of benzene rings is 3. The Kier molecular flexibility index (Phi) is 6.98. The van der Waals surface area contributed by atoms with Crippen LogP contribution in [-0.4, -0.2) is 35.2 Å². The number of nitrogens with one attached hydrogen (secondary N) is 2. The molecular weight excluding hydrogens is 486 g/mol. The molecule has 2 amide bonds. The van der Waals surface area contributed by atoms with Gasteiger partial charge in [0.05, 0.1) is 34.6 Å². The highest BCUT2D eigenvalue weighted by Crippen LogP contribution is 2.24. The van der Waals surface area contributed by atoms with E-state index < -0.39 is 0 Å². The zero-order valence-corrected chi connectivity index (χ0v) is 21.2. The fraction of sp³-hybridized carbons (Fsp3) is 0.107. The van der Waals surface area contributed by atoms with Crippen LogP contribution in [0.25, 0.3) is 16.6 Å². The standard InChI is InChI=1S/C28H25N5O3S/c1-3-36-32(2)23-11-6-19(7-12-23)27(34)30-21-8-13-24(14-9-21)33-25-15-10-22(17-20(25)18-29-33)31-28(35)26-5-4-16-37-26/h4-18H,3H2,1-2H3,(H,30,34)(H,31,35). The lowest BCUT2D eigenvalue weighted by Crippen LogP contribution is -2.17. The topological polar surface area (TPSA) is 88.5 Å². The van der Waals surface area contributed by atoms with Gasteiger partial charge in [0.15, 0.2) is 0 Å². The number of fused-ring (bicyclic) bond motifs is 1. The van der Waals surface area contributed by atoms with Gasteiger partial charge in [0.1, 0.15) is 0 Å². The number of anilines is 3. The SMILES string of the molecule is CCON(C)c1ccc(C(=O)Nc2ccc(-n3ncc4cc(NC(=O)c5cccs5)ccc43)cc2)cc1. The second-order valence-electron chi connectivity index (χ2n) is 8.22. The summed E-state index contributed by atoms with van der Waals surface area (Å²) >= 11 is 1.40. The van der Waals surface area contributed by atoms with Crippen molar-refractivity contribution < 1.29 is 14.4 Å². The molecule has 37 heavy (non-hydrogen) atoms. The summed E-state index contributed by atoms with van der Waals surface area (Å²) in [5, 5.41) is 14.8. The Labute approximate surface area is 218 Å². The Morgan fingerprint density at radius 3 is 2.38 bits per heavy atom. The van der Waals surface area contributed by atoms with E-state index in [9.17, 15) is 9.59 Å². The van der Waals surface area contributed by atoms with Crippen LogP contribution in [-0.2, 0) is 4.84 Å². The number of carbonyl (C=O) groups is 2. The van der Waals surface area contributed by atoms with Gasteiger partial charge in [-0.1, -0.05) is 6.07 Å². The lowest BCUT2D eigenvalue weighted by molar-refractivity contribution is 0.102. The normalized spacial score (nSPS) is 10.9. The first-order valence-electron chi connectivity index (χ1n) is 11.7. The van der Waals surface area contributed by atoms with E-state index in [-0.39, 0.29) is 11.8 Å². The molecule has 0 unspecified atom stereocenters. The number of rotatable bonds is 8. The minimum Gasteiger partial charge on any atom is -0.322 e. The van der Waals surface area contributed by atoms with E-state index in [0.717, 1.165) is 22.3 Å². The molecule has 0 saturated heterocycles. The molecule has 0 aliphatic heterocycles. The summed E-state index contributed by atoms with van der Waals surface area (Å²) < 4.78 is 1.82. The van der Waals surface area contributed by atoms with Crippen LogP contribution >= 0.6 is 11.3 Å². The minimum atomic E-state index is -0.194. The van der Waals surface area contributed by atoms with Crippen LogP contribution in [0.15, 0.2) is 90.4 Å². The highest BCUT2D eigenvalue weighted by molar-refractivity contribution is 7.12. The second kappa shape index (κ2) is 10.7. The maximum absolute atomic E-state index is 12.7. The fourth-order valence-corrected chi connectivity index (χ4v) is 4.52. The van der Waals surface area contributed by atoms with Crippen LogP contribution < -0.4 is 15.7 Å². The molecule has 2 aromatic heterocycles. The van der Waals surface area contributed by atoms with E-state index in [0.29, 0.717) is 28.4 Å². The van der Waals surface area contributed by atoms with Crippen molar-refractivity contribution in [3.63, 3.8) is 0 Å². The molecule has 5 rings (SSSR count). The van der Waals surface area contributed by atoms with Crippen molar-refractivity contribution in [1.82, 2.24) is 9.78 Å². The molecule has 0 atom stereocenters. The van der Waals surface area contributed by atoms with Crippen LogP contribution in [0.1, 0.15) is 27.0 Å². The number of aromatic nitrogens is 2. The number of thiophene rings is 1. The Morgan fingerprint density at radius 2 is 1.68 bits per heavy atom. The van der Waals surface area contributed by atoms with Gasteiger partial charge in [-0.25, -0.2) is 4.68 Å². The largest absolute Gasteiger partial charge is 0.322 e. The molecule has 0 fully saturated rings. The summed E-state index contributed by atoms with van der Waals surface area (Å²) in [6.07, 6.45) is 1.76. The van der Waals surface area contributed by atoms with Crippen LogP contribution in [0.3, 0.4) is 0 Å². The van der Waals surface area contributed by atoms with Gasteiger partial charge in [-0.3, -0.25) is 19.5 Å². The highest BCUT2D eigenvalue weighted by atomic mass is 32.1. The Bertz CT molecular complexity index is 1530. The van der Waals surface area contributed by atoms with Gasteiger partial charge >= 0.3 is 0 Å². The smallest absolute Gasteiger partial charge is 0.265 e. The maximum atomic E-state index is 12.7. The molecule has 0 aliphatic rings. The lowest BCUT2D eigenvalue weighted by atomic mass is 10.2. The van der Waals surface area contributed by atoms with Gasteiger partial charge < -0.3 is 10.6 Å². The summed E-state index contributed by atoms with van der Waals surface area (Å²) in [5.41, 5.74) is 4.57. The third kappa shape index (κ3) is 5.37. The van der Waals surface area contributed by atoms with Gasteiger partial charge in [-0.15, -0.1) is 11.3 Å². The van der Waals surface area contributed by atoms with E-state index in [1.807, 2.05) is 84.7 Å². The molecule has 0 saturated carbocycles. The molecule has 0 radical (unpaired) electrons. The van der Waals surface area contributed by atoms with E-state index in [4.69, 9.17) is 4.84 Å². The average molecular weight is 512 g/mol. The zero-order chi connectivity index (χ0) is 25.8. The number of hydroxylamine groups is 1. The average Bonchev–Trinajstić information content (AvgIpc) is 3.60. The van der Waals surface area contributed by atoms with Crippen LogP contribution in [0.2, 0.25) is 0 Å². The summed E-state index contributed by atoms with van der Waals surface area (Å²) in [6, 6.07) is 24.0. The molecule has 2 heterocycles. The molecule has 0 aliphatic carbocycles. The predicted octanol–water partition coefficient (Wildman–Crippen LogP) is 5.98. The van der Waals surface area contributed by atoms with Crippen molar-refractivity contribution in [1.29, 1.82) is 0 Å². The van der Waals surface area contributed by atoms with Gasteiger partial charge in [0.25, 0.3) is 11.8 Å². The number of carbonyl (C=O) groups excluding carboxylic acids is 2. The molecule has 2 N–H and O–H groups in total. The molecule has 3 aromatic carbocycles. The third-order valence-corrected chi connectivity index (χ3v) is 6.63. The third-order valence-electron chi connectivity index (χ3n) is 5.76. The first-order valence-corrected chi connectivity index (χ1v) is 12.6. The van der Waals surface area contributed by atoms with E-state index in [2.05, 4.69) is 15.7 Å². The van der Waals surface area contributed by atoms with E-state index >= 15 is 0 Å². The zero-order valence-electron chi connectivity index (χ0n) is 20.3. The number of amides is 2.